The van der Waals surface area contributed by atoms with Crippen molar-refractivity contribution in [1.29, 1.82) is 0 Å². The molecule has 1 atom stereocenters. The molecule has 0 saturated heterocycles. The molecule has 0 aromatic heterocycles. The van der Waals surface area contributed by atoms with Gasteiger partial charge in [-0.25, -0.2) is 4.39 Å². The zero-order valence-electron chi connectivity index (χ0n) is 10.4. The fourth-order valence-electron chi connectivity index (χ4n) is 2.34. The summed E-state index contributed by atoms with van der Waals surface area (Å²) in [5.74, 6) is 0.584. The Labute approximate surface area is 107 Å². The molecule has 1 aliphatic rings. The van der Waals surface area contributed by atoms with Gasteiger partial charge in [0, 0.05) is 44.7 Å². The number of hydrogen-bond acceptors (Lipinski definition) is 4. The predicted octanol–water partition coefficient (Wildman–Crippen LogP) is 0.349. The van der Waals surface area contributed by atoms with Crippen LogP contribution in [0.3, 0.4) is 0 Å². The number of ether oxygens (including phenoxy) is 1. The van der Waals surface area contributed by atoms with E-state index in [4.69, 9.17) is 16.2 Å². The Morgan fingerprint density at radius 3 is 2.67 bits per heavy atom. The van der Waals surface area contributed by atoms with Gasteiger partial charge in [-0.15, -0.1) is 0 Å². The Kier molecular flexibility index (Phi) is 4.52. The smallest absolute Gasteiger partial charge is 0.123 e. The van der Waals surface area contributed by atoms with E-state index >= 15 is 0 Å². The van der Waals surface area contributed by atoms with Gasteiger partial charge in [0.25, 0.3) is 0 Å². The molecule has 100 valence electrons. The van der Waals surface area contributed by atoms with Crippen LogP contribution in [0.5, 0.6) is 5.75 Å². The number of nitrogens with zero attached hydrogens (tertiary/aromatic N) is 1. The summed E-state index contributed by atoms with van der Waals surface area (Å²) in [6, 6.07) is 4.67. The van der Waals surface area contributed by atoms with E-state index in [0.29, 0.717) is 13.1 Å². The van der Waals surface area contributed by atoms with Gasteiger partial charge in [-0.1, -0.05) is 0 Å². The highest BCUT2D eigenvalue weighted by atomic mass is 19.1. The van der Waals surface area contributed by atoms with Gasteiger partial charge in [0.15, 0.2) is 0 Å². The molecule has 0 radical (unpaired) electrons. The fraction of sp³-hybridized carbons (Fsp3) is 0.538. The topological polar surface area (TPSA) is 64.5 Å². The maximum atomic E-state index is 13.1. The Bertz CT molecular complexity index is 394. The minimum Gasteiger partial charge on any atom is -0.488 e. The maximum Gasteiger partial charge on any atom is 0.123 e. The quantitative estimate of drug-likeness (QED) is 0.768. The molecule has 0 spiro atoms. The summed E-state index contributed by atoms with van der Waals surface area (Å²) < 4.78 is 18.9. The van der Waals surface area contributed by atoms with Crippen LogP contribution in [0.1, 0.15) is 5.56 Å². The van der Waals surface area contributed by atoms with Crippen molar-refractivity contribution in [2.75, 3.05) is 32.7 Å². The van der Waals surface area contributed by atoms with E-state index in [1.165, 1.54) is 6.07 Å². The minimum atomic E-state index is -0.209. The van der Waals surface area contributed by atoms with Crippen LogP contribution in [0.15, 0.2) is 18.2 Å². The molecule has 1 unspecified atom stereocenters. The Morgan fingerprint density at radius 1 is 1.28 bits per heavy atom. The number of halogens is 1. The van der Waals surface area contributed by atoms with E-state index in [1.807, 2.05) is 0 Å². The molecule has 0 fully saturated rings. The average molecular weight is 253 g/mol. The lowest BCUT2D eigenvalue weighted by Crippen LogP contribution is -2.40. The molecule has 4 nitrogen and oxygen atoms in total. The highest BCUT2D eigenvalue weighted by Crippen LogP contribution is 2.29. The molecule has 1 aromatic carbocycles. The van der Waals surface area contributed by atoms with Gasteiger partial charge in [-0.05, 0) is 18.2 Å². The molecular weight excluding hydrogens is 233 g/mol. The highest BCUT2D eigenvalue weighted by Gasteiger charge is 2.24. The lowest BCUT2D eigenvalue weighted by atomic mass is 10.1. The van der Waals surface area contributed by atoms with E-state index in [-0.39, 0.29) is 11.9 Å². The van der Waals surface area contributed by atoms with Crippen LogP contribution in [0, 0.1) is 5.82 Å². The SMILES string of the molecule is NCCN(CCN)CC1Cc2cc(F)ccc2O1. The Morgan fingerprint density at radius 2 is 2.00 bits per heavy atom. The first-order valence-corrected chi connectivity index (χ1v) is 6.30. The minimum absolute atomic E-state index is 0.0694. The number of nitrogens with two attached hydrogens (primary N) is 2. The van der Waals surface area contributed by atoms with Crippen molar-refractivity contribution in [1.82, 2.24) is 4.90 Å². The second-order valence-corrected chi connectivity index (χ2v) is 4.57. The number of benzene rings is 1. The van der Waals surface area contributed by atoms with E-state index in [2.05, 4.69) is 4.90 Å². The van der Waals surface area contributed by atoms with Crippen molar-refractivity contribution in [3.63, 3.8) is 0 Å². The van der Waals surface area contributed by atoms with Crippen molar-refractivity contribution >= 4 is 0 Å². The Hall–Kier alpha value is -1.17. The third-order valence-corrected chi connectivity index (χ3v) is 3.12. The van der Waals surface area contributed by atoms with Gasteiger partial charge in [0.1, 0.15) is 17.7 Å². The number of hydrogen-bond donors (Lipinski definition) is 2. The molecule has 1 aromatic rings. The average Bonchev–Trinajstić information content (AvgIpc) is 2.71. The van der Waals surface area contributed by atoms with Gasteiger partial charge >= 0.3 is 0 Å². The first-order chi connectivity index (χ1) is 8.72. The monoisotopic (exact) mass is 253 g/mol. The van der Waals surface area contributed by atoms with Crippen molar-refractivity contribution in [2.45, 2.75) is 12.5 Å². The van der Waals surface area contributed by atoms with Crippen LogP contribution in [0.25, 0.3) is 0 Å². The summed E-state index contributed by atoms with van der Waals surface area (Å²) in [4.78, 5) is 2.19. The first-order valence-electron chi connectivity index (χ1n) is 6.30. The normalized spacial score (nSPS) is 17.9. The summed E-state index contributed by atoms with van der Waals surface area (Å²) in [6.45, 7) is 3.61. The third-order valence-electron chi connectivity index (χ3n) is 3.12. The molecule has 2 rings (SSSR count). The molecule has 1 heterocycles. The summed E-state index contributed by atoms with van der Waals surface area (Å²) in [6.07, 6.45) is 0.818. The van der Waals surface area contributed by atoms with Crippen molar-refractivity contribution in [3.05, 3.63) is 29.6 Å². The van der Waals surface area contributed by atoms with Gasteiger partial charge in [0.2, 0.25) is 0 Å². The predicted molar refractivity (Wildman–Crippen MR) is 69.1 cm³/mol. The summed E-state index contributed by atoms with van der Waals surface area (Å²) in [5.41, 5.74) is 12.1. The van der Waals surface area contributed by atoms with E-state index < -0.39 is 0 Å². The largest absolute Gasteiger partial charge is 0.488 e. The van der Waals surface area contributed by atoms with Gasteiger partial charge in [0.05, 0.1) is 0 Å². The zero-order valence-corrected chi connectivity index (χ0v) is 10.4. The molecule has 18 heavy (non-hydrogen) atoms. The lowest BCUT2D eigenvalue weighted by molar-refractivity contribution is 0.155. The second kappa shape index (κ2) is 6.13. The molecule has 0 bridgehead atoms. The van der Waals surface area contributed by atoms with Crippen LogP contribution in [0.4, 0.5) is 4.39 Å². The third kappa shape index (κ3) is 3.19. The standard InChI is InChI=1S/C13H20FN3O/c14-11-1-2-13-10(7-11)8-12(18-13)9-17(5-3-15)6-4-16/h1-2,7,12H,3-6,8-9,15-16H2. The van der Waals surface area contributed by atoms with Crippen molar-refractivity contribution < 1.29 is 9.13 Å². The van der Waals surface area contributed by atoms with Crippen LogP contribution >= 0.6 is 0 Å². The number of rotatable bonds is 6. The van der Waals surface area contributed by atoms with Crippen LogP contribution in [0.2, 0.25) is 0 Å². The van der Waals surface area contributed by atoms with Crippen molar-refractivity contribution in [2.24, 2.45) is 11.5 Å². The Balaban J connectivity index is 1.93. The fourth-order valence-corrected chi connectivity index (χ4v) is 2.34. The van der Waals surface area contributed by atoms with Gasteiger partial charge in [-0.3, -0.25) is 4.90 Å². The molecule has 0 amide bonds. The zero-order chi connectivity index (χ0) is 13.0. The molecular formula is C13H20FN3O. The summed E-state index contributed by atoms with van der Waals surface area (Å²) >= 11 is 0. The van der Waals surface area contributed by atoms with Gasteiger partial charge < -0.3 is 16.2 Å². The van der Waals surface area contributed by atoms with Crippen LogP contribution in [-0.2, 0) is 6.42 Å². The van der Waals surface area contributed by atoms with E-state index in [9.17, 15) is 4.39 Å². The highest BCUT2D eigenvalue weighted by molar-refractivity contribution is 5.37. The molecule has 4 N–H and O–H groups in total. The van der Waals surface area contributed by atoms with E-state index in [0.717, 1.165) is 37.4 Å². The van der Waals surface area contributed by atoms with Crippen LogP contribution in [-0.4, -0.2) is 43.7 Å². The lowest BCUT2D eigenvalue weighted by Gasteiger charge is -2.23. The summed E-state index contributed by atoms with van der Waals surface area (Å²) in [5, 5.41) is 0. The first kappa shape index (κ1) is 13.3. The van der Waals surface area contributed by atoms with Crippen molar-refractivity contribution in [3.8, 4) is 5.75 Å². The second-order valence-electron chi connectivity index (χ2n) is 4.57. The molecule has 1 aliphatic heterocycles. The number of fused-ring (bicyclic) bond motifs is 1. The van der Waals surface area contributed by atoms with Crippen LogP contribution < -0.4 is 16.2 Å². The van der Waals surface area contributed by atoms with Gasteiger partial charge in [-0.2, -0.15) is 0 Å². The summed E-state index contributed by atoms with van der Waals surface area (Å²) in [7, 11) is 0. The molecule has 0 saturated carbocycles. The molecule has 0 aliphatic carbocycles. The molecule has 5 heteroatoms. The maximum absolute atomic E-state index is 13.1. The van der Waals surface area contributed by atoms with E-state index in [1.54, 1.807) is 12.1 Å².